The molecule has 0 aromatic rings. The van der Waals surface area contributed by atoms with Gasteiger partial charge in [0.05, 0.1) is 40.1 Å². The number of carbonyl (C=O) groups excluding carboxylic acids is 1. The van der Waals surface area contributed by atoms with Gasteiger partial charge in [-0.1, -0.05) is 25.7 Å². The van der Waals surface area contributed by atoms with Crippen LogP contribution in [0.3, 0.4) is 0 Å². The van der Waals surface area contributed by atoms with Crippen LogP contribution in [0, 0.1) is 0 Å². The molecule has 5 aliphatic rings. The number of rotatable bonds is 25. The number of aliphatic hydroxyl groups is 15. The Balaban J connectivity index is 1.38. The standard InChI is InChI=1S/C40H71O31P/c1-60-20(44)8-6-4-2-3-5-7-9-61-36-32(56)33(69-40-35(29(53)23(47)17(12-43)66-40)71-38-31(55)27(51)24(48)19(68-38)14-63-72(57,58)59)25(49)18(67-36)13-62-39-34(28(52)22(46)16(11-42)65-39)70-37-30(54)26(50)21(45)15(10-41)64-37/h15-19,21-43,45-56H,2-14H2,1H3,(H2,57,58,59)/t15-,16-,17-,18-,19-,21-,22-,23-,24-,25-,26+,27+,28+,29+,30+,31+,32+,33+,34+,35+,36+,37-,38-,39+,40-/m1/s1. The van der Waals surface area contributed by atoms with E-state index in [-0.39, 0.29) is 19.0 Å². The molecule has 0 saturated carbocycles. The molecule has 0 bridgehead atoms. The lowest BCUT2D eigenvalue weighted by atomic mass is 9.96. The van der Waals surface area contributed by atoms with E-state index in [1.807, 2.05) is 0 Å². The SMILES string of the molecule is COC(=O)CCCCCCCCO[C@H]1O[C@H](CO[C@H]2O[C@H](CO)[C@@H](O)[C@H](O)[C@@H]2O[C@H]2O[C@H](CO)[C@@H](O)[C@H](O)[C@@H]2O)[C@@H](O)[C@H](O[C@H]2O[C@H](CO)[C@@H](O)[C@H](O)[C@@H]2O[C@H]2O[C@H](COP(=O)(O)O)[C@@H](O)[C@H](O)[C@@H]2O)[C@@H]1O. The average molecular weight is 1080 g/mol. The first-order chi connectivity index (χ1) is 34.1. The molecule has 0 unspecified atom stereocenters. The van der Waals surface area contributed by atoms with E-state index < -0.39 is 194 Å². The number of unbranched alkanes of at least 4 members (excludes halogenated alkanes) is 5. The number of esters is 1. The van der Waals surface area contributed by atoms with Crippen LogP contribution >= 0.6 is 7.82 Å². The molecule has 5 heterocycles. The average Bonchev–Trinajstić information content (AvgIpc) is 3.35. The third kappa shape index (κ3) is 15.6. The van der Waals surface area contributed by atoms with E-state index in [2.05, 4.69) is 9.26 Å². The molecule has 0 radical (unpaired) electrons. The molecular formula is C40H71O31P. The fraction of sp³-hybridized carbons (Fsp3) is 0.975. The van der Waals surface area contributed by atoms with Crippen LogP contribution in [0.4, 0.5) is 0 Å². The van der Waals surface area contributed by atoms with Gasteiger partial charge in [-0.05, 0) is 12.8 Å². The summed E-state index contributed by atoms with van der Waals surface area (Å²) < 4.78 is 77.8. The van der Waals surface area contributed by atoms with E-state index in [1.54, 1.807) is 0 Å². The van der Waals surface area contributed by atoms with Gasteiger partial charge in [0, 0.05) is 13.0 Å². The second-order valence-corrected chi connectivity index (χ2v) is 19.1. The normalized spacial score (nSPS) is 44.2. The summed E-state index contributed by atoms with van der Waals surface area (Å²) in [5.74, 6) is -0.330. The first kappa shape index (κ1) is 61.4. The first-order valence-electron chi connectivity index (χ1n) is 23.3. The van der Waals surface area contributed by atoms with Crippen LogP contribution in [-0.2, 0) is 66.0 Å². The minimum atomic E-state index is -5.18. The Labute approximate surface area is 411 Å². The minimum Gasteiger partial charge on any atom is -0.469 e. The smallest absolute Gasteiger partial charge is 0.469 e. The van der Waals surface area contributed by atoms with Crippen molar-refractivity contribution in [2.24, 2.45) is 0 Å². The Morgan fingerprint density at radius 1 is 0.431 bits per heavy atom. The summed E-state index contributed by atoms with van der Waals surface area (Å²) in [5.41, 5.74) is 0. The zero-order chi connectivity index (χ0) is 53.2. The Hall–Kier alpha value is -1.42. The number of hydrogen-bond donors (Lipinski definition) is 17. The highest BCUT2D eigenvalue weighted by atomic mass is 31.2. The van der Waals surface area contributed by atoms with E-state index in [9.17, 15) is 95.7 Å². The maximum absolute atomic E-state index is 11.9. The van der Waals surface area contributed by atoms with Crippen molar-refractivity contribution in [3.63, 3.8) is 0 Å². The molecule has 5 saturated heterocycles. The molecule has 25 atom stereocenters. The third-order valence-corrected chi connectivity index (χ3v) is 13.3. The van der Waals surface area contributed by atoms with E-state index in [1.165, 1.54) is 7.11 Å². The Morgan fingerprint density at radius 3 is 1.38 bits per heavy atom. The van der Waals surface area contributed by atoms with E-state index in [0.29, 0.717) is 19.3 Å². The third-order valence-electron chi connectivity index (χ3n) is 12.8. The van der Waals surface area contributed by atoms with Gasteiger partial charge in [0.1, 0.15) is 122 Å². The van der Waals surface area contributed by atoms with Gasteiger partial charge in [-0.15, -0.1) is 0 Å². The van der Waals surface area contributed by atoms with E-state index >= 15 is 0 Å². The zero-order valence-electron chi connectivity index (χ0n) is 38.9. The fourth-order valence-electron chi connectivity index (χ4n) is 8.54. The minimum absolute atomic E-state index is 0.0789. The van der Waals surface area contributed by atoms with Crippen molar-refractivity contribution >= 4 is 13.8 Å². The number of methoxy groups -OCH3 is 1. The molecule has 0 amide bonds. The molecule has 0 aliphatic carbocycles. The van der Waals surface area contributed by atoms with Crippen LogP contribution in [0.1, 0.15) is 44.9 Å². The van der Waals surface area contributed by atoms with Crippen LogP contribution < -0.4 is 0 Å². The molecule has 5 rings (SSSR count). The summed E-state index contributed by atoms with van der Waals surface area (Å²) in [6, 6.07) is 0. The summed E-state index contributed by atoms with van der Waals surface area (Å²) in [6.07, 6.45) is -43.8. The topological polar surface area (TPSA) is 489 Å². The molecule has 5 aliphatic heterocycles. The van der Waals surface area contributed by atoms with Gasteiger partial charge in [-0.2, -0.15) is 0 Å². The number of phosphoric acid groups is 1. The summed E-state index contributed by atoms with van der Waals surface area (Å²) in [7, 11) is -3.88. The molecule has 72 heavy (non-hydrogen) atoms. The van der Waals surface area contributed by atoms with Crippen molar-refractivity contribution in [2.45, 2.75) is 198 Å². The molecule has 0 aromatic carbocycles. The molecule has 422 valence electrons. The summed E-state index contributed by atoms with van der Waals surface area (Å²) in [5, 5.41) is 160. The summed E-state index contributed by atoms with van der Waals surface area (Å²) in [4.78, 5) is 29.8. The number of hydrogen-bond acceptors (Lipinski definition) is 29. The quantitative estimate of drug-likeness (QED) is 0.0229. The predicted molar refractivity (Wildman–Crippen MR) is 225 cm³/mol. The lowest BCUT2D eigenvalue weighted by molar-refractivity contribution is -0.392. The summed E-state index contributed by atoms with van der Waals surface area (Å²) >= 11 is 0. The van der Waals surface area contributed by atoms with Gasteiger partial charge < -0.3 is 138 Å². The Morgan fingerprint density at radius 2 is 0.847 bits per heavy atom. The molecule has 0 spiro atoms. The van der Waals surface area contributed by atoms with Gasteiger partial charge in [0.25, 0.3) is 0 Å². The highest BCUT2D eigenvalue weighted by Crippen LogP contribution is 2.38. The molecule has 0 aromatic heterocycles. The Bertz CT molecular complexity index is 1650. The van der Waals surface area contributed by atoms with Crippen LogP contribution in [0.5, 0.6) is 0 Å². The molecular weight excluding hydrogens is 1010 g/mol. The van der Waals surface area contributed by atoms with Gasteiger partial charge in [-0.3, -0.25) is 9.32 Å². The molecule has 5 fully saturated rings. The second kappa shape index (κ2) is 28.3. The number of carbonyl (C=O) groups is 1. The Kier molecular flexibility index (Phi) is 24.1. The van der Waals surface area contributed by atoms with Crippen LogP contribution in [0.25, 0.3) is 0 Å². The van der Waals surface area contributed by atoms with Gasteiger partial charge in [0.15, 0.2) is 31.5 Å². The molecule has 32 heteroatoms. The van der Waals surface area contributed by atoms with Crippen molar-refractivity contribution in [1.29, 1.82) is 0 Å². The number of phosphoric ester groups is 1. The van der Waals surface area contributed by atoms with Gasteiger partial charge in [-0.25, -0.2) is 4.57 Å². The van der Waals surface area contributed by atoms with Crippen LogP contribution in [0.15, 0.2) is 0 Å². The largest absolute Gasteiger partial charge is 0.469 e. The lowest BCUT2D eigenvalue weighted by Gasteiger charge is -2.49. The van der Waals surface area contributed by atoms with Gasteiger partial charge in [0.2, 0.25) is 0 Å². The molecule has 31 nitrogen and oxygen atoms in total. The van der Waals surface area contributed by atoms with Crippen molar-refractivity contribution in [1.82, 2.24) is 0 Å². The molecule has 17 N–H and O–H groups in total. The fourth-order valence-corrected chi connectivity index (χ4v) is 8.88. The van der Waals surface area contributed by atoms with Crippen molar-refractivity contribution in [3.05, 3.63) is 0 Å². The second-order valence-electron chi connectivity index (χ2n) is 17.9. The van der Waals surface area contributed by atoms with E-state index in [4.69, 9.17) is 47.4 Å². The van der Waals surface area contributed by atoms with Gasteiger partial charge >= 0.3 is 13.8 Å². The van der Waals surface area contributed by atoms with E-state index in [0.717, 1.165) is 19.3 Å². The van der Waals surface area contributed by atoms with Crippen molar-refractivity contribution in [2.75, 3.05) is 46.8 Å². The lowest BCUT2D eigenvalue weighted by Crippen LogP contribution is -2.67. The number of aliphatic hydroxyl groups excluding tert-OH is 15. The highest BCUT2D eigenvalue weighted by Gasteiger charge is 2.56. The van der Waals surface area contributed by atoms with Crippen LogP contribution in [0.2, 0.25) is 0 Å². The van der Waals surface area contributed by atoms with Crippen molar-refractivity contribution in [3.8, 4) is 0 Å². The maximum atomic E-state index is 11.9. The monoisotopic (exact) mass is 1080 g/mol. The van der Waals surface area contributed by atoms with Crippen molar-refractivity contribution < 1.29 is 152 Å². The maximum Gasteiger partial charge on any atom is 0.469 e. The number of ether oxygens (including phenoxy) is 11. The zero-order valence-corrected chi connectivity index (χ0v) is 39.8. The summed E-state index contributed by atoms with van der Waals surface area (Å²) in [6.45, 7) is -4.71. The predicted octanol–water partition coefficient (Wildman–Crippen LogP) is -8.88. The highest BCUT2D eigenvalue weighted by molar-refractivity contribution is 7.46. The first-order valence-corrected chi connectivity index (χ1v) is 24.8. The van der Waals surface area contributed by atoms with Crippen LogP contribution in [-0.4, -0.2) is 293 Å².